The molecule has 90 valence electrons. The quantitative estimate of drug-likeness (QED) is 0.835. The van der Waals surface area contributed by atoms with E-state index in [-0.39, 0.29) is 11.7 Å². The standard InChI is InChI=1S/C14H11FN2O/c15-12-7-13-9(3-4-14(18)17-13)6-11(12)10-2-1-5-16-8-10/h1-2,5-8H,3-4H2,(H,17,18). The third-order valence-electron chi connectivity index (χ3n) is 3.06. The average molecular weight is 242 g/mol. The van der Waals surface area contributed by atoms with Crippen LogP contribution in [0.1, 0.15) is 12.0 Å². The Bertz CT molecular complexity index is 611. The summed E-state index contributed by atoms with van der Waals surface area (Å²) in [5.41, 5.74) is 2.82. The van der Waals surface area contributed by atoms with Crippen LogP contribution in [0.4, 0.5) is 10.1 Å². The van der Waals surface area contributed by atoms with Crippen molar-refractivity contribution >= 4 is 11.6 Å². The lowest BCUT2D eigenvalue weighted by Gasteiger charge is -2.18. The van der Waals surface area contributed by atoms with Gasteiger partial charge in [0.25, 0.3) is 0 Å². The van der Waals surface area contributed by atoms with Gasteiger partial charge in [-0.25, -0.2) is 4.39 Å². The highest BCUT2D eigenvalue weighted by molar-refractivity contribution is 5.94. The van der Waals surface area contributed by atoms with Crippen molar-refractivity contribution in [2.45, 2.75) is 12.8 Å². The average Bonchev–Trinajstić information content (AvgIpc) is 2.39. The van der Waals surface area contributed by atoms with Gasteiger partial charge >= 0.3 is 0 Å². The molecule has 1 aromatic heterocycles. The van der Waals surface area contributed by atoms with Crippen molar-refractivity contribution in [2.75, 3.05) is 5.32 Å². The zero-order chi connectivity index (χ0) is 12.5. The molecule has 0 radical (unpaired) electrons. The minimum absolute atomic E-state index is 0.0592. The maximum atomic E-state index is 14.0. The first kappa shape index (κ1) is 10.9. The second kappa shape index (κ2) is 4.22. The molecule has 0 aliphatic carbocycles. The van der Waals surface area contributed by atoms with E-state index in [1.807, 2.05) is 6.07 Å². The SMILES string of the molecule is O=C1CCc2cc(-c3cccnc3)c(F)cc2N1. The fraction of sp³-hybridized carbons (Fsp3) is 0.143. The number of amides is 1. The van der Waals surface area contributed by atoms with E-state index >= 15 is 0 Å². The third-order valence-corrected chi connectivity index (χ3v) is 3.06. The number of aromatic nitrogens is 1. The maximum Gasteiger partial charge on any atom is 0.224 e. The number of nitrogens with zero attached hydrogens (tertiary/aromatic N) is 1. The molecule has 0 fully saturated rings. The van der Waals surface area contributed by atoms with Crippen LogP contribution in [0, 0.1) is 5.82 Å². The largest absolute Gasteiger partial charge is 0.326 e. The van der Waals surface area contributed by atoms with Gasteiger partial charge < -0.3 is 5.32 Å². The highest BCUT2D eigenvalue weighted by atomic mass is 19.1. The number of carbonyl (C=O) groups is 1. The Labute approximate surface area is 104 Å². The predicted octanol–water partition coefficient (Wildman–Crippen LogP) is 2.77. The van der Waals surface area contributed by atoms with Crippen LogP contribution in [0.5, 0.6) is 0 Å². The van der Waals surface area contributed by atoms with Crippen molar-refractivity contribution in [1.29, 1.82) is 0 Å². The smallest absolute Gasteiger partial charge is 0.224 e. The van der Waals surface area contributed by atoms with Gasteiger partial charge in [-0.1, -0.05) is 6.07 Å². The molecule has 2 aromatic rings. The molecule has 1 aliphatic rings. The number of fused-ring (bicyclic) bond motifs is 1. The Balaban J connectivity index is 2.10. The molecular weight excluding hydrogens is 231 g/mol. The van der Waals surface area contributed by atoms with E-state index in [2.05, 4.69) is 10.3 Å². The zero-order valence-electron chi connectivity index (χ0n) is 9.61. The maximum absolute atomic E-state index is 14.0. The van der Waals surface area contributed by atoms with Gasteiger partial charge in [0, 0.05) is 35.6 Å². The zero-order valence-corrected chi connectivity index (χ0v) is 9.61. The van der Waals surface area contributed by atoms with Crippen LogP contribution in [0.15, 0.2) is 36.7 Å². The summed E-state index contributed by atoms with van der Waals surface area (Å²) in [4.78, 5) is 15.2. The second-order valence-corrected chi connectivity index (χ2v) is 4.28. The number of nitrogens with one attached hydrogen (secondary N) is 1. The molecule has 0 saturated carbocycles. The Morgan fingerprint density at radius 2 is 2.17 bits per heavy atom. The van der Waals surface area contributed by atoms with Crippen LogP contribution in [0.25, 0.3) is 11.1 Å². The minimum Gasteiger partial charge on any atom is -0.326 e. The first-order chi connectivity index (χ1) is 8.74. The van der Waals surface area contributed by atoms with Crippen molar-refractivity contribution in [3.63, 3.8) is 0 Å². The number of halogens is 1. The van der Waals surface area contributed by atoms with E-state index < -0.39 is 0 Å². The second-order valence-electron chi connectivity index (χ2n) is 4.28. The summed E-state index contributed by atoms with van der Waals surface area (Å²) >= 11 is 0. The number of carbonyl (C=O) groups excluding carboxylic acids is 1. The van der Waals surface area contributed by atoms with Gasteiger partial charge in [0.1, 0.15) is 5.82 Å². The van der Waals surface area contributed by atoms with Crippen molar-refractivity contribution < 1.29 is 9.18 Å². The van der Waals surface area contributed by atoms with Crippen LogP contribution in [0.3, 0.4) is 0 Å². The monoisotopic (exact) mass is 242 g/mol. The van der Waals surface area contributed by atoms with Crippen molar-refractivity contribution in [3.05, 3.63) is 48.0 Å². The Morgan fingerprint density at radius 3 is 2.94 bits per heavy atom. The van der Waals surface area contributed by atoms with Gasteiger partial charge in [-0.2, -0.15) is 0 Å². The highest BCUT2D eigenvalue weighted by Gasteiger charge is 2.18. The Kier molecular flexibility index (Phi) is 2.55. The molecule has 1 N–H and O–H groups in total. The molecule has 1 aromatic carbocycles. The van der Waals surface area contributed by atoms with Crippen LogP contribution in [0.2, 0.25) is 0 Å². The molecule has 3 rings (SSSR count). The summed E-state index contributed by atoms with van der Waals surface area (Å²) in [6.07, 6.45) is 4.38. The third kappa shape index (κ3) is 1.86. The summed E-state index contributed by atoms with van der Waals surface area (Å²) in [5, 5.41) is 2.68. The van der Waals surface area contributed by atoms with Crippen LogP contribution in [-0.4, -0.2) is 10.9 Å². The van der Waals surface area contributed by atoms with E-state index in [4.69, 9.17) is 0 Å². The van der Waals surface area contributed by atoms with Gasteiger partial charge in [0.2, 0.25) is 5.91 Å². The molecule has 1 aliphatic heterocycles. The van der Waals surface area contributed by atoms with E-state index in [0.717, 1.165) is 11.1 Å². The number of rotatable bonds is 1. The summed E-state index contributed by atoms with van der Waals surface area (Å²) in [6, 6.07) is 6.77. The van der Waals surface area contributed by atoms with Gasteiger partial charge in [0.05, 0.1) is 0 Å². The van der Waals surface area contributed by atoms with E-state index in [1.54, 1.807) is 24.5 Å². The number of hydrogen-bond donors (Lipinski definition) is 1. The molecule has 1 amide bonds. The fourth-order valence-electron chi connectivity index (χ4n) is 2.15. The molecule has 4 heteroatoms. The first-order valence-corrected chi connectivity index (χ1v) is 5.77. The molecule has 18 heavy (non-hydrogen) atoms. The van der Waals surface area contributed by atoms with Gasteiger partial charge in [0.15, 0.2) is 0 Å². The summed E-state index contributed by atoms with van der Waals surface area (Å²) in [5.74, 6) is -0.403. The molecule has 0 saturated heterocycles. The molecule has 3 nitrogen and oxygen atoms in total. The summed E-state index contributed by atoms with van der Waals surface area (Å²) < 4.78 is 14.0. The molecule has 0 bridgehead atoms. The highest BCUT2D eigenvalue weighted by Crippen LogP contribution is 2.30. The Hall–Kier alpha value is -2.23. The molecule has 0 spiro atoms. The Morgan fingerprint density at radius 1 is 1.28 bits per heavy atom. The lowest BCUT2D eigenvalue weighted by atomic mass is 9.97. The fourth-order valence-corrected chi connectivity index (χ4v) is 2.15. The molecule has 0 atom stereocenters. The number of aryl methyl sites for hydroxylation is 1. The van der Waals surface area contributed by atoms with E-state index in [0.29, 0.717) is 24.1 Å². The van der Waals surface area contributed by atoms with Crippen LogP contribution in [-0.2, 0) is 11.2 Å². The van der Waals surface area contributed by atoms with E-state index in [9.17, 15) is 9.18 Å². The van der Waals surface area contributed by atoms with Gasteiger partial charge in [-0.05, 0) is 30.2 Å². The number of hydrogen-bond acceptors (Lipinski definition) is 2. The van der Waals surface area contributed by atoms with Crippen LogP contribution < -0.4 is 5.32 Å². The van der Waals surface area contributed by atoms with Gasteiger partial charge in [-0.3, -0.25) is 9.78 Å². The van der Waals surface area contributed by atoms with E-state index in [1.165, 1.54) is 6.07 Å². The normalized spacial score (nSPS) is 13.9. The van der Waals surface area contributed by atoms with Crippen molar-refractivity contribution in [1.82, 2.24) is 4.98 Å². The number of pyridine rings is 1. The summed E-state index contributed by atoms with van der Waals surface area (Å²) in [7, 11) is 0. The lowest BCUT2D eigenvalue weighted by molar-refractivity contribution is -0.116. The molecule has 0 unspecified atom stereocenters. The van der Waals surface area contributed by atoms with Crippen molar-refractivity contribution in [2.24, 2.45) is 0 Å². The topological polar surface area (TPSA) is 42.0 Å². The summed E-state index contributed by atoms with van der Waals surface area (Å²) in [6.45, 7) is 0. The lowest BCUT2D eigenvalue weighted by Crippen LogP contribution is -2.19. The first-order valence-electron chi connectivity index (χ1n) is 5.77. The van der Waals surface area contributed by atoms with Crippen molar-refractivity contribution in [3.8, 4) is 11.1 Å². The minimum atomic E-state index is -0.344. The van der Waals surface area contributed by atoms with Gasteiger partial charge in [-0.15, -0.1) is 0 Å². The molecular formula is C14H11FN2O. The number of anilines is 1. The number of benzene rings is 1. The van der Waals surface area contributed by atoms with Crippen LogP contribution >= 0.6 is 0 Å². The predicted molar refractivity (Wildman–Crippen MR) is 66.6 cm³/mol. The molecule has 2 heterocycles.